The van der Waals surface area contributed by atoms with Crippen molar-refractivity contribution in [3.63, 3.8) is 0 Å². The number of nitrogens with one attached hydrogen (secondary N) is 1. The summed E-state index contributed by atoms with van der Waals surface area (Å²) in [4.78, 5) is 12.1. The van der Waals surface area contributed by atoms with Crippen LogP contribution in [0.5, 0.6) is 0 Å². The van der Waals surface area contributed by atoms with Crippen molar-refractivity contribution in [2.24, 2.45) is 0 Å². The number of nitrogens with two attached hydrogens (primary N) is 1. The monoisotopic (exact) mass is 356 g/mol. The zero-order valence-corrected chi connectivity index (χ0v) is 12.8. The van der Waals surface area contributed by atoms with Crippen molar-refractivity contribution < 1.29 is 9.18 Å². The molecule has 1 amide bonds. The van der Waals surface area contributed by atoms with Crippen molar-refractivity contribution in [3.05, 3.63) is 56.8 Å². The van der Waals surface area contributed by atoms with Gasteiger partial charge in [-0.1, -0.05) is 11.6 Å². The van der Waals surface area contributed by atoms with Gasteiger partial charge >= 0.3 is 0 Å². The van der Waals surface area contributed by atoms with E-state index in [1.54, 1.807) is 12.1 Å². The summed E-state index contributed by atoms with van der Waals surface area (Å²) in [7, 11) is 0. The molecule has 0 heterocycles. The highest BCUT2D eigenvalue weighted by Gasteiger charge is 2.11. The van der Waals surface area contributed by atoms with Crippen LogP contribution in [0.1, 0.15) is 15.9 Å². The van der Waals surface area contributed by atoms with Crippen molar-refractivity contribution >= 4 is 44.8 Å². The lowest BCUT2D eigenvalue weighted by Gasteiger charge is -2.10. The molecule has 0 radical (unpaired) electrons. The molecule has 0 spiro atoms. The first-order chi connectivity index (χ1) is 9.38. The molecule has 0 fully saturated rings. The molecule has 0 saturated carbocycles. The number of nitrogen functional groups attached to an aromatic ring is 1. The van der Waals surface area contributed by atoms with Gasteiger partial charge in [0.25, 0.3) is 5.91 Å². The van der Waals surface area contributed by atoms with E-state index in [9.17, 15) is 9.18 Å². The lowest BCUT2D eigenvalue weighted by atomic mass is 10.1. The Kier molecular flexibility index (Phi) is 4.30. The topological polar surface area (TPSA) is 55.1 Å². The highest BCUT2D eigenvalue weighted by Crippen LogP contribution is 2.29. The van der Waals surface area contributed by atoms with Gasteiger partial charge in [-0.25, -0.2) is 4.39 Å². The van der Waals surface area contributed by atoms with Gasteiger partial charge in [0.2, 0.25) is 0 Å². The van der Waals surface area contributed by atoms with E-state index in [1.165, 1.54) is 12.1 Å². The average Bonchev–Trinajstić information content (AvgIpc) is 2.39. The molecule has 0 aliphatic rings. The Morgan fingerprint density at radius 1 is 1.35 bits per heavy atom. The summed E-state index contributed by atoms with van der Waals surface area (Å²) < 4.78 is 13.8. The van der Waals surface area contributed by atoms with Gasteiger partial charge in [-0.05, 0) is 58.7 Å². The molecule has 0 aromatic heterocycles. The molecule has 104 valence electrons. The summed E-state index contributed by atoms with van der Waals surface area (Å²) in [6, 6.07) is 7.25. The minimum Gasteiger partial charge on any atom is -0.396 e. The Morgan fingerprint density at radius 2 is 2.05 bits per heavy atom. The van der Waals surface area contributed by atoms with Crippen LogP contribution in [0.2, 0.25) is 5.02 Å². The maximum atomic E-state index is 13.1. The van der Waals surface area contributed by atoms with Gasteiger partial charge < -0.3 is 11.1 Å². The summed E-state index contributed by atoms with van der Waals surface area (Å²) in [6.07, 6.45) is 0. The second-order valence-electron chi connectivity index (χ2n) is 4.27. The largest absolute Gasteiger partial charge is 0.396 e. The molecular weight excluding hydrogens is 347 g/mol. The predicted octanol–water partition coefficient (Wildman–Crippen LogP) is 4.38. The highest BCUT2D eigenvalue weighted by molar-refractivity contribution is 9.10. The van der Waals surface area contributed by atoms with Gasteiger partial charge in [0.05, 0.1) is 11.4 Å². The molecule has 2 aromatic rings. The summed E-state index contributed by atoms with van der Waals surface area (Å²) in [5.41, 5.74) is 7.07. The van der Waals surface area contributed by atoms with E-state index in [4.69, 9.17) is 17.3 Å². The molecule has 20 heavy (non-hydrogen) atoms. The number of benzene rings is 2. The van der Waals surface area contributed by atoms with Crippen molar-refractivity contribution in [2.45, 2.75) is 6.92 Å². The van der Waals surface area contributed by atoms with Crippen LogP contribution in [-0.4, -0.2) is 5.91 Å². The fraction of sp³-hybridized carbons (Fsp3) is 0.0714. The Labute approximate surface area is 129 Å². The third-order valence-corrected chi connectivity index (χ3v) is 3.82. The van der Waals surface area contributed by atoms with E-state index in [0.29, 0.717) is 15.2 Å². The Morgan fingerprint density at radius 3 is 2.70 bits per heavy atom. The molecule has 0 bridgehead atoms. The molecule has 6 heteroatoms. The number of anilines is 2. The van der Waals surface area contributed by atoms with Gasteiger partial charge in [-0.15, -0.1) is 0 Å². The third kappa shape index (κ3) is 3.11. The van der Waals surface area contributed by atoms with Gasteiger partial charge in [-0.3, -0.25) is 4.79 Å². The van der Waals surface area contributed by atoms with Gasteiger partial charge in [0.15, 0.2) is 0 Å². The molecule has 3 nitrogen and oxygen atoms in total. The Hall–Kier alpha value is -1.59. The number of aryl methyl sites for hydroxylation is 1. The van der Waals surface area contributed by atoms with Gasteiger partial charge in [0.1, 0.15) is 5.82 Å². The maximum Gasteiger partial charge on any atom is 0.255 e. The molecule has 0 aliphatic carbocycles. The van der Waals surface area contributed by atoms with Crippen molar-refractivity contribution in [1.29, 1.82) is 0 Å². The summed E-state index contributed by atoms with van der Waals surface area (Å²) in [5, 5.41) is 3.24. The van der Waals surface area contributed by atoms with Gasteiger partial charge in [0, 0.05) is 15.1 Å². The van der Waals surface area contributed by atoms with E-state index >= 15 is 0 Å². The van der Waals surface area contributed by atoms with Crippen LogP contribution in [0.4, 0.5) is 15.8 Å². The molecular formula is C14H11BrClFN2O. The highest BCUT2D eigenvalue weighted by atomic mass is 79.9. The van der Waals surface area contributed by atoms with Crippen LogP contribution in [0.25, 0.3) is 0 Å². The van der Waals surface area contributed by atoms with Crippen LogP contribution >= 0.6 is 27.5 Å². The molecule has 2 aromatic carbocycles. The minimum atomic E-state index is -0.555. The number of halogens is 3. The summed E-state index contributed by atoms with van der Waals surface area (Å²) in [5.74, 6) is -0.946. The molecule has 0 aliphatic heterocycles. The van der Waals surface area contributed by atoms with Crippen LogP contribution in [0, 0.1) is 12.7 Å². The maximum absolute atomic E-state index is 13.1. The van der Waals surface area contributed by atoms with Crippen LogP contribution in [0.3, 0.4) is 0 Å². The minimum absolute atomic E-state index is 0.0707. The molecule has 0 saturated heterocycles. The second-order valence-corrected chi connectivity index (χ2v) is 5.53. The van der Waals surface area contributed by atoms with Crippen LogP contribution in [0.15, 0.2) is 34.8 Å². The normalized spacial score (nSPS) is 10.4. The number of carbonyl (C=O) groups is 1. The Balaban J connectivity index is 2.27. The smallest absolute Gasteiger partial charge is 0.255 e. The fourth-order valence-corrected chi connectivity index (χ4v) is 2.34. The number of rotatable bonds is 2. The van der Waals surface area contributed by atoms with Crippen LogP contribution in [-0.2, 0) is 0 Å². The average molecular weight is 358 g/mol. The van der Waals surface area contributed by atoms with E-state index in [2.05, 4.69) is 21.2 Å². The number of carbonyl (C=O) groups excluding carboxylic acids is 1. The SMILES string of the molecule is Cc1cc(Br)c(NC(=O)c2ccc(F)c(N)c2)cc1Cl. The standard InChI is InChI=1S/C14H11BrClFN2O/c1-7-4-9(15)13(6-10(7)16)19-14(20)8-2-3-11(17)12(18)5-8/h2-6H,18H2,1H3,(H,19,20). The van der Waals surface area contributed by atoms with E-state index in [0.717, 1.165) is 11.6 Å². The van der Waals surface area contributed by atoms with E-state index in [-0.39, 0.29) is 11.3 Å². The molecule has 0 unspecified atom stereocenters. The first-order valence-corrected chi connectivity index (χ1v) is 6.87. The third-order valence-electron chi connectivity index (χ3n) is 2.75. The second kappa shape index (κ2) is 5.81. The van der Waals surface area contributed by atoms with Crippen LogP contribution < -0.4 is 11.1 Å². The molecule has 3 N–H and O–H groups in total. The molecule has 0 atom stereocenters. The summed E-state index contributed by atoms with van der Waals surface area (Å²) >= 11 is 9.37. The number of hydrogen-bond donors (Lipinski definition) is 2. The van der Waals surface area contributed by atoms with Gasteiger partial charge in [-0.2, -0.15) is 0 Å². The number of amides is 1. The molecule has 2 rings (SSSR count). The summed E-state index contributed by atoms with van der Waals surface area (Å²) in [6.45, 7) is 1.86. The fourth-order valence-electron chi connectivity index (χ4n) is 1.62. The van der Waals surface area contributed by atoms with Crippen molar-refractivity contribution in [1.82, 2.24) is 0 Å². The van der Waals surface area contributed by atoms with E-state index < -0.39 is 11.7 Å². The number of hydrogen-bond acceptors (Lipinski definition) is 2. The predicted molar refractivity (Wildman–Crippen MR) is 82.7 cm³/mol. The Bertz CT molecular complexity index is 691. The van der Waals surface area contributed by atoms with E-state index in [1.807, 2.05) is 6.92 Å². The van der Waals surface area contributed by atoms with Crippen molar-refractivity contribution in [3.8, 4) is 0 Å². The van der Waals surface area contributed by atoms with Crippen molar-refractivity contribution in [2.75, 3.05) is 11.1 Å². The lowest BCUT2D eigenvalue weighted by molar-refractivity contribution is 0.102. The first-order valence-electron chi connectivity index (χ1n) is 5.70. The first kappa shape index (κ1) is 14.8. The zero-order chi connectivity index (χ0) is 14.9. The lowest BCUT2D eigenvalue weighted by Crippen LogP contribution is -2.13. The zero-order valence-electron chi connectivity index (χ0n) is 10.5. The quantitative estimate of drug-likeness (QED) is 0.783.